The van der Waals surface area contributed by atoms with Crippen LogP contribution in [0.2, 0.25) is 4.34 Å². The average molecular weight is 384 g/mol. The third-order valence-corrected chi connectivity index (χ3v) is 8.02. The van der Waals surface area contributed by atoms with Crippen LogP contribution in [0, 0.1) is 0 Å². The van der Waals surface area contributed by atoms with Crippen LogP contribution in [0.3, 0.4) is 0 Å². The molecule has 1 fully saturated rings. The Morgan fingerprint density at radius 3 is 2.58 bits per heavy atom. The molecule has 3 heterocycles. The minimum Gasteiger partial charge on any atom is -0.369 e. The third kappa shape index (κ3) is 2.84. The van der Waals surface area contributed by atoms with Gasteiger partial charge in [0.25, 0.3) is 10.0 Å². The van der Waals surface area contributed by atoms with Gasteiger partial charge >= 0.3 is 0 Å². The molecule has 0 bridgehead atoms. The lowest BCUT2D eigenvalue weighted by atomic mass is 10.1. The van der Waals surface area contributed by atoms with Crippen molar-refractivity contribution in [3.63, 3.8) is 0 Å². The molecule has 4 rings (SSSR count). The second kappa shape index (κ2) is 6.31. The molecule has 8 heteroatoms. The van der Waals surface area contributed by atoms with Gasteiger partial charge in [0.05, 0.1) is 4.34 Å². The van der Waals surface area contributed by atoms with Gasteiger partial charge in [-0.05, 0) is 29.3 Å². The van der Waals surface area contributed by atoms with E-state index in [-0.39, 0.29) is 0 Å². The monoisotopic (exact) mass is 383 g/mol. The number of fused-ring (bicyclic) bond motifs is 1. The zero-order valence-corrected chi connectivity index (χ0v) is 15.4. The van der Waals surface area contributed by atoms with Crippen molar-refractivity contribution in [2.45, 2.75) is 17.3 Å². The van der Waals surface area contributed by atoms with Crippen molar-refractivity contribution in [3.8, 4) is 0 Å². The summed E-state index contributed by atoms with van der Waals surface area (Å²) >= 11 is 7.02. The number of nitrogens with one attached hydrogen (secondary N) is 1. The molecular formula is C16H18ClN3O2S2. The summed E-state index contributed by atoms with van der Waals surface area (Å²) in [7, 11) is -3.50. The second-order valence-corrected chi connectivity index (χ2v) is 9.86. The molecule has 0 aliphatic carbocycles. The molecule has 2 aliphatic rings. The molecule has 0 saturated carbocycles. The van der Waals surface area contributed by atoms with Gasteiger partial charge in [0.15, 0.2) is 0 Å². The Balaban J connectivity index is 1.64. The van der Waals surface area contributed by atoms with Crippen molar-refractivity contribution < 1.29 is 8.42 Å². The van der Waals surface area contributed by atoms with Gasteiger partial charge < -0.3 is 10.2 Å². The van der Waals surface area contributed by atoms with E-state index in [0.29, 0.717) is 21.6 Å². The first kappa shape index (κ1) is 16.4. The highest BCUT2D eigenvalue weighted by Crippen LogP contribution is 2.36. The number of hydrogen-bond acceptors (Lipinski definition) is 5. The Morgan fingerprint density at radius 2 is 1.88 bits per heavy atom. The standard InChI is InChI=1S/C16H18ClN3O2S2/c17-15-4-5-16(23-15)24(21,22)20-10-12-2-1-3-14(13(12)11-20)19-8-6-18-7-9-19/h1-5,18H,6-11H2. The summed E-state index contributed by atoms with van der Waals surface area (Å²) in [5, 5.41) is 3.35. The topological polar surface area (TPSA) is 52.7 Å². The van der Waals surface area contributed by atoms with Crippen LogP contribution < -0.4 is 10.2 Å². The summed E-state index contributed by atoms with van der Waals surface area (Å²) in [6.45, 7) is 4.66. The zero-order valence-electron chi connectivity index (χ0n) is 13.0. The van der Waals surface area contributed by atoms with Crippen molar-refractivity contribution in [1.82, 2.24) is 9.62 Å². The number of piperazine rings is 1. The van der Waals surface area contributed by atoms with Crippen molar-refractivity contribution in [2.24, 2.45) is 0 Å². The number of sulfonamides is 1. The van der Waals surface area contributed by atoms with Crippen LogP contribution in [0.25, 0.3) is 0 Å². The molecule has 1 N–H and O–H groups in total. The lowest BCUT2D eigenvalue weighted by molar-refractivity contribution is 0.433. The molecule has 0 unspecified atom stereocenters. The summed E-state index contributed by atoms with van der Waals surface area (Å²) in [6, 6.07) is 9.37. The summed E-state index contributed by atoms with van der Waals surface area (Å²) in [5.41, 5.74) is 3.39. The van der Waals surface area contributed by atoms with Gasteiger partial charge in [-0.15, -0.1) is 11.3 Å². The maximum atomic E-state index is 12.9. The number of halogens is 1. The Kier molecular flexibility index (Phi) is 4.30. The first-order valence-electron chi connectivity index (χ1n) is 7.87. The quantitative estimate of drug-likeness (QED) is 0.884. The van der Waals surface area contributed by atoms with Crippen LogP contribution in [-0.2, 0) is 23.1 Å². The van der Waals surface area contributed by atoms with Crippen LogP contribution >= 0.6 is 22.9 Å². The Hall–Kier alpha value is -1.12. The maximum absolute atomic E-state index is 12.9. The van der Waals surface area contributed by atoms with E-state index in [0.717, 1.165) is 54.3 Å². The fourth-order valence-corrected chi connectivity index (χ4v) is 6.33. The molecule has 1 aromatic carbocycles. The molecule has 2 aliphatic heterocycles. The number of hydrogen-bond donors (Lipinski definition) is 1. The number of anilines is 1. The summed E-state index contributed by atoms with van der Waals surface area (Å²) in [4.78, 5) is 2.34. The first-order valence-corrected chi connectivity index (χ1v) is 10.5. The van der Waals surface area contributed by atoms with Crippen LogP contribution in [0.5, 0.6) is 0 Å². The first-order chi connectivity index (χ1) is 11.6. The van der Waals surface area contributed by atoms with Crippen molar-refractivity contribution in [3.05, 3.63) is 45.8 Å². The van der Waals surface area contributed by atoms with E-state index in [1.54, 1.807) is 16.4 Å². The van der Waals surface area contributed by atoms with Crippen LogP contribution in [0.15, 0.2) is 34.5 Å². The zero-order chi connectivity index (χ0) is 16.7. The number of thiophene rings is 1. The predicted molar refractivity (Wildman–Crippen MR) is 97.3 cm³/mol. The lowest BCUT2D eigenvalue weighted by Gasteiger charge is -2.31. The molecule has 1 aromatic heterocycles. The number of benzene rings is 1. The third-order valence-electron chi connectivity index (χ3n) is 4.53. The second-order valence-electron chi connectivity index (χ2n) is 5.98. The molecule has 128 valence electrons. The molecule has 5 nitrogen and oxygen atoms in total. The van der Waals surface area contributed by atoms with Crippen LogP contribution in [0.1, 0.15) is 11.1 Å². The summed E-state index contributed by atoms with van der Waals surface area (Å²) in [5.74, 6) is 0. The van der Waals surface area contributed by atoms with Crippen LogP contribution in [0.4, 0.5) is 5.69 Å². The molecule has 0 radical (unpaired) electrons. The molecule has 24 heavy (non-hydrogen) atoms. The Labute approximate surface area is 150 Å². The minimum atomic E-state index is -3.50. The molecular weight excluding hydrogens is 366 g/mol. The van der Waals surface area contributed by atoms with Crippen LogP contribution in [-0.4, -0.2) is 38.9 Å². The molecule has 0 spiro atoms. The largest absolute Gasteiger partial charge is 0.369 e. The summed E-state index contributed by atoms with van der Waals surface area (Å²) < 4.78 is 28.1. The molecule has 1 saturated heterocycles. The maximum Gasteiger partial charge on any atom is 0.253 e. The van der Waals surface area contributed by atoms with Gasteiger partial charge in [0.1, 0.15) is 4.21 Å². The van der Waals surface area contributed by atoms with E-state index >= 15 is 0 Å². The molecule has 2 aromatic rings. The van der Waals surface area contributed by atoms with Gasteiger partial charge in [-0.2, -0.15) is 4.31 Å². The highest BCUT2D eigenvalue weighted by Gasteiger charge is 2.33. The van der Waals surface area contributed by atoms with Gasteiger partial charge in [-0.25, -0.2) is 8.42 Å². The Morgan fingerprint density at radius 1 is 1.08 bits per heavy atom. The van der Waals surface area contributed by atoms with E-state index in [4.69, 9.17) is 11.6 Å². The highest BCUT2D eigenvalue weighted by atomic mass is 35.5. The average Bonchev–Trinajstić information content (AvgIpc) is 3.22. The lowest BCUT2D eigenvalue weighted by Crippen LogP contribution is -2.43. The minimum absolute atomic E-state index is 0.309. The molecule has 0 amide bonds. The van der Waals surface area contributed by atoms with E-state index in [1.165, 1.54) is 0 Å². The molecule has 0 atom stereocenters. The van der Waals surface area contributed by atoms with E-state index < -0.39 is 10.0 Å². The smallest absolute Gasteiger partial charge is 0.253 e. The van der Waals surface area contributed by atoms with Gasteiger partial charge in [0.2, 0.25) is 0 Å². The SMILES string of the molecule is O=S(=O)(c1ccc(Cl)s1)N1Cc2cccc(N3CCNCC3)c2C1. The normalized spacial score (nSPS) is 18.8. The van der Waals surface area contributed by atoms with E-state index in [1.807, 2.05) is 12.1 Å². The number of nitrogens with zero attached hydrogens (tertiary/aromatic N) is 2. The Bertz CT molecular complexity index is 860. The predicted octanol–water partition coefficient (Wildman–Crippen LogP) is 2.52. The van der Waals surface area contributed by atoms with Gasteiger partial charge in [-0.3, -0.25) is 0 Å². The van der Waals surface area contributed by atoms with E-state index in [2.05, 4.69) is 16.3 Å². The van der Waals surface area contributed by atoms with E-state index in [9.17, 15) is 8.42 Å². The van der Waals surface area contributed by atoms with Crippen molar-refractivity contribution in [2.75, 3.05) is 31.1 Å². The van der Waals surface area contributed by atoms with Crippen molar-refractivity contribution >= 4 is 38.6 Å². The van der Waals surface area contributed by atoms with Gasteiger partial charge in [-0.1, -0.05) is 23.7 Å². The fourth-order valence-electron chi connectivity index (χ4n) is 3.31. The van der Waals surface area contributed by atoms with Gasteiger partial charge in [0, 0.05) is 45.0 Å². The highest BCUT2D eigenvalue weighted by molar-refractivity contribution is 7.91. The number of rotatable bonds is 3. The fraction of sp³-hybridized carbons (Fsp3) is 0.375. The summed E-state index contributed by atoms with van der Waals surface area (Å²) in [6.07, 6.45) is 0. The van der Waals surface area contributed by atoms with Crippen molar-refractivity contribution in [1.29, 1.82) is 0 Å².